The number of anilines is 1. The second kappa shape index (κ2) is 8.49. The number of hydrogen-bond acceptors (Lipinski definition) is 4. The molecular weight excluding hydrogens is 340 g/mol. The van der Waals surface area contributed by atoms with Crippen molar-refractivity contribution in [2.24, 2.45) is 0 Å². The normalized spacial score (nSPS) is 10.8. The lowest BCUT2D eigenvalue weighted by Crippen LogP contribution is -2.15. The van der Waals surface area contributed by atoms with Crippen molar-refractivity contribution in [2.45, 2.75) is 32.7 Å². The zero-order valence-electron chi connectivity index (χ0n) is 15.8. The molecular formula is C21H24N4O2. The minimum Gasteiger partial charge on any atom is -0.497 e. The lowest BCUT2D eigenvalue weighted by molar-refractivity contribution is -0.115. The number of carbonyl (C=O) groups is 1. The van der Waals surface area contributed by atoms with E-state index in [9.17, 15) is 4.79 Å². The van der Waals surface area contributed by atoms with Crippen LogP contribution in [0.1, 0.15) is 36.5 Å². The fourth-order valence-electron chi connectivity index (χ4n) is 2.72. The standard InChI is InChI=1S/C21H24N4O2/c1-15(2)18-8-4-16(5-9-18)12-21(26)23-20-13-22-25(24-20)14-17-6-10-19(27-3)11-7-17/h4-11,13,15H,12,14H2,1-3H3,(H,23,24,26). The Balaban J connectivity index is 1.55. The Bertz CT molecular complexity index is 883. The van der Waals surface area contributed by atoms with E-state index in [0.717, 1.165) is 16.9 Å². The Kier molecular flexibility index (Phi) is 5.86. The summed E-state index contributed by atoms with van der Waals surface area (Å²) >= 11 is 0. The zero-order chi connectivity index (χ0) is 19.2. The number of hydrogen-bond donors (Lipinski definition) is 1. The summed E-state index contributed by atoms with van der Waals surface area (Å²) < 4.78 is 5.15. The Morgan fingerprint density at radius 1 is 1.07 bits per heavy atom. The second-order valence-corrected chi connectivity index (χ2v) is 6.73. The molecule has 1 heterocycles. The number of carbonyl (C=O) groups excluding carboxylic acids is 1. The Morgan fingerprint density at radius 2 is 1.74 bits per heavy atom. The summed E-state index contributed by atoms with van der Waals surface area (Å²) in [6.45, 7) is 4.82. The number of rotatable bonds is 7. The molecule has 0 bridgehead atoms. The van der Waals surface area contributed by atoms with Gasteiger partial charge < -0.3 is 10.1 Å². The molecule has 0 aliphatic rings. The number of nitrogens with zero attached hydrogens (tertiary/aromatic N) is 3. The van der Waals surface area contributed by atoms with Crippen molar-refractivity contribution in [1.29, 1.82) is 0 Å². The molecule has 2 aromatic carbocycles. The molecule has 140 valence electrons. The molecule has 0 saturated carbocycles. The fraction of sp³-hybridized carbons (Fsp3) is 0.286. The van der Waals surface area contributed by atoms with Gasteiger partial charge in [-0.05, 0) is 34.7 Å². The maximum atomic E-state index is 12.2. The van der Waals surface area contributed by atoms with Crippen LogP contribution in [0.2, 0.25) is 0 Å². The van der Waals surface area contributed by atoms with Gasteiger partial charge >= 0.3 is 0 Å². The average molecular weight is 364 g/mol. The molecule has 1 N–H and O–H groups in total. The smallest absolute Gasteiger partial charge is 0.230 e. The summed E-state index contributed by atoms with van der Waals surface area (Å²) in [5.74, 6) is 1.63. The summed E-state index contributed by atoms with van der Waals surface area (Å²) in [5, 5.41) is 11.3. The van der Waals surface area contributed by atoms with Gasteiger partial charge in [0.25, 0.3) is 0 Å². The van der Waals surface area contributed by atoms with Gasteiger partial charge in [0, 0.05) is 0 Å². The lowest BCUT2D eigenvalue weighted by Gasteiger charge is -2.07. The molecule has 6 heteroatoms. The molecule has 1 amide bonds. The van der Waals surface area contributed by atoms with Gasteiger partial charge in [0.1, 0.15) is 5.75 Å². The van der Waals surface area contributed by atoms with Gasteiger partial charge in [0.15, 0.2) is 5.82 Å². The predicted molar refractivity (Wildman–Crippen MR) is 105 cm³/mol. The number of ether oxygens (including phenoxy) is 1. The number of aromatic nitrogens is 3. The summed E-state index contributed by atoms with van der Waals surface area (Å²) in [7, 11) is 1.64. The SMILES string of the molecule is COc1ccc(Cn2ncc(NC(=O)Cc3ccc(C(C)C)cc3)n2)cc1. The lowest BCUT2D eigenvalue weighted by atomic mass is 10.0. The van der Waals surface area contributed by atoms with Crippen molar-refractivity contribution in [3.63, 3.8) is 0 Å². The van der Waals surface area contributed by atoms with Crippen LogP contribution in [0.5, 0.6) is 5.75 Å². The highest BCUT2D eigenvalue weighted by molar-refractivity contribution is 5.91. The molecule has 0 fully saturated rings. The topological polar surface area (TPSA) is 69.0 Å². The summed E-state index contributed by atoms with van der Waals surface area (Å²) in [4.78, 5) is 13.8. The molecule has 1 aromatic heterocycles. The molecule has 0 atom stereocenters. The Hall–Kier alpha value is -3.15. The number of methoxy groups -OCH3 is 1. The van der Waals surface area contributed by atoms with Crippen molar-refractivity contribution >= 4 is 11.7 Å². The average Bonchev–Trinajstić information content (AvgIpc) is 3.09. The number of nitrogens with one attached hydrogen (secondary N) is 1. The highest BCUT2D eigenvalue weighted by atomic mass is 16.5. The van der Waals surface area contributed by atoms with Crippen molar-refractivity contribution in [1.82, 2.24) is 15.0 Å². The second-order valence-electron chi connectivity index (χ2n) is 6.73. The van der Waals surface area contributed by atoms with Crippen LogP contribution in [-0.4, -0.2) is 28.0 Å². The maximum absolute atomic E-state index is 12.2. The molecule has 27 heavy (non-hydrogen) atoms. The third kappa shape index (κ3) is 5.17. The molecule has 3 rings (SSSR count). The minimum atomic E-state index is -0.108. The van der Waals surface area contributed by atoms with Gasteiger partial charge in [0.2, 0.25) is 5.91 Å². The first-order valence-electron chi connectivity index (χ1n) is 8.95. The molecule has 0 radical (unpaired) electrons. The molecule has 0 saturated heterocycles. The summed E-state index contributed by atoms with van der Waals surface area (Å²) in [5.41, 5.74) is 3.29. The van der Waals surface area contributed by atoms with E-state index in [4.69, 9.17) is 4.74 Å². The number of benzene rings is 2. The zero-order valence-corrected chi connectivity index (χ0v) is 15.8. The fourth-order valence-corrected chi connectivity index (χ4v) is 2.72. The molecule has 0 aliphatic carbocycles. The first kappa shape index (κ1) is 18.6. The van der Waals surface area contributed by atoms with E-state index in [1.54, 1.807) is 18.1 Å². The van der Waals surface area contributed by atoms with Gasteiger partial charge in [0.05, 0.1) is 26.3 Å². The quantitative estimate of drug-likeness (QED) is 0.695. The van der Waals surface area contributed by atoms with E-state index in [-0.39, 0.29) is 5.91 Å². The molecule has 3 aromatic rings. The minimum absolute atomic E-state index is 0.108. The predicted octanol–water partition coefficient (Wildman–Crippen LogP) is 3.64. The first-order chi connectivity index (χ1) is 13.0. The van der Waals surface area contributed by atoms with Gasteiger partial charge in [-0.2, -0.15) is 9.90 Å². The largest absolute Gasteiger partial charge is 0.497 e. The highest BCUT2D eigenvalue weighted by Gasteiger charge is 2.08. The van der Waals surface area contributed by atoms with Gasteiger partial charge in [-0.25, -0.2) is 0 Å². The van der Waals surface area contributed by atoms with Gasteiger partial charge in [-0.3, -0.25) is 4.79 Å². The van der Waals surface area contributed by atoms with E-state index in [2.05, 4.69) is 41.5 Å². The maximum Gasteiger partial charge on any atom is 0.230 e. The van der Waals surface area contributed by atoms with E-state index in [1.165, 1.54) is 5.56 Å². The highest BCUT2D eigenvalue weighted by Crippen LogP contribution is 2.15. The summed E-state index contributed by atoms with van der Waals surface area (Å²) in [6.07, 6.45) is 1.87. The number of amides is 1. The van der Waals surface area contributed by atoms with Gasteiger partial charge in [-0.1, -0.05) is 50.2 Å². The van der Waals surface area contributed by atoms with Crippen LogP contribution in [0.4, 0.5) is 5.82 Å². The van der Waals surface area contributed by atoms with Crippen LogP contribution in [-0.2, 0) is 17.8 Å². The first-order valence-corrected chi connectivity index (χ1v) is 8.95. The molecule has 0 unspecified atom stereocenters. The van der Waals surface area contributed by atoms with Crippen LogP contribution in [0, 0.1) is 0 Å². The monoisotopic (exact) mass is 364 g/mol. The van der Waals surface area contributed by atoms with E-state index in [1.807, 2.05) is 36.4 Å². The molecule has 0 aliphatic heterocycles. The van der Waals surface area contributed by atoms with Crippen LogP contribution in [0.25, 0.3) is 0 Å². The van der Waals surface area contributed by atoms with Crippen molar-refractivity contribution in [3.8, 4) is 5.75 Å². The molecule has 6 nitrogen and oxygen atoms in total. The van der Waals surface area contributed by atoms with Crippen LogP contribution in [0.15, 0.2) is 54.7 Å². The van der Waals surface area contributed by atoms with Crippen LogP contribution >= 0.6 is 0 Å². The van der Waals surface area contributed by atoms with Crippen molar-refractivity contribution in [3.05, 3.63) is 71.4 Å². The van der Waals surface area contributed by atoms with E-state index in [0.29, 0.717) is 24.7 Å². The molecule has 0 spiro atoms. The van der Waals surface area contributed by atoms with Crippen LogP contribution < -0.4 is 10.1 Å². The third-order valence-electron chi connectivity index (χ3n) is 4.30. The van der Waals surface area contributed by atoms with Crippen molar-refractivity contribution in [2.75, 3.05) is 12.4 Å². The summed E-state index contributed by atoms with van der Waals surface area (Å²) in [6, 6.07) is 15.8. The van der Waals surface area contributed by atoms with Gasteiger partial charge in [-0.15, -0.1) is 5.10 Å². The third-order valence-corrected chi connectivity index (χ3v) is 4.30. The Labute approximate surface area is 159 Å². The Morgan fingerprint density at radius 3 is 2.37 bits per heavy atom. The van der Waals surface area contributed by atoms with Crippen LogP contribution in [0.3, 0.4) is 0 Å². The van der Waals surface area contributed by atoms with Crippen molar-refractivity contribution < 1.29 is 9.53 Å². The van der Waals surface area contributed by atoms with E-state index >= 15 is 0 Å². The van der Waals surface area contributed by atoms with E-state index < -0.39 is 0 Å².